The highest BCUT2D eigenvalue weighted by Gasteiger charge is 1.91. The zero-order valence-electron chi connectivity index (χ0n) is 7.55. The van der Waals surface area contributed by atoms with Crippen molar-refractivity contribution in [1.29, 1.82) is 0 Å². The molecule has 2 rings (SSSR count). The first-order valence-electron chi connectivity index (χ1n) is 4.33. The average Bonchev–Trinajstić information content (AvgIpc) is 2.29. The van der Waals surface area contributed by atoms with Gasteiger partial charge in [-0.1, -0.05) is 18.2 Å². The minimum atomic E-state index is 0.782. The van der Waals surface area contributed by atoms with Gasteiger partial charge in [0, 0.05) is 12.4 Å². The van der Waals surface area contributed by atoms with Gasteiger partial charge in [0.15, 0.2) is 5.75 Å². The summed E-state index contributed by atoms with van der Waals surface area (Å²) in [5, 5.41) is 0. The lowest BCUT2D eigenvalue weighted by Gasteiger charge is -2.06. The van der Waals surface area contributed by atoms with Crippen LogP contribution in [0.5, 0.6) is 5.75 Å². The van der Waals surface area contributed by atoms with Crippen molar-refractivity contribution in [3.05, 3.63) is 54.9 Å². The predicted octanol–water partition coefficient (Wildman–Crippen LogP) is 2.49. The van der Waals surface area contributed by atoms with E-state index in [4.69, 9.17) is 4.84 Å². The zero-order valence-corrected chi connectivity index (χ0v) is 7.55. The summed E-state index contributed by atoms with van der Waals surface area (Å²) in [4.78, 5) is 9.22. The van der Waals surface area contributed by atoms with E-state index in [1.807, 2.05) is 42.5 Å². The molecule has 0 saturated carbocycles. The Bertz CT molecular complexity index is 336. The Morgan fingerprint density at radius 3 is 2.36 bits per heavy atom. The molecule has 3 heteroatoms. The van der Waals surface area contributed by atoms with Crippen molar-refractivity contribution >= 4 is 5.69 Å². The van der Waals surface area contributed by atoms with Crippen molar-refractivity contribution in [3.8, 4) is 5.75 Å². The van der Waals surface area contributed by atoms with Crippen LogP contribution in [0.1, 0.15) is 0 Å². The fourth-order valence-corrected chi connectivity index (χ4v) is 1.03. The van der Waals surface area contributed by atoms with E-state index in [0.717, 1.165) is 11.4 Å². The molecule has 3 nitrogen and oxygen atoms in total. The summed E-state index contributed by atoms with van der Waals surface area (Å²) in [6.45, 7) is 0. The maximum Gasteiger partial charge on any atom is 0.155 e. The molecule has 0 bridgehead atoms. The first-order chi connectivity index (χ1) is 6.95. The number of nitrogens with one attached hydrogen (secondary N) is 1. The van der Waals surface area contributed by atoms with E-state index in [1.54, 1.807) is 12.4 Å². The average molecular weight is 186 g/mol. The molecule has 0 spiro atoms. The van der Waals surface area contributed by atoms with Crippen molar-refractivity contribution in [2.75, 3.05) is 5.48 Å². The second kappa shape index (κ2) is 4.28. The van der Waals surface area contributed by atoms with Crippen molar-refractivity contribution in [3.63, 3.8) is 0 Å². The van der Waals surface area contributed by atoms with Crippen LogP contribution < -0.4 is 10.3 Å². The quantitative estimate of drug-likeness (QED) is 0.748. The molecule has 0 unspecified atom stereocenters. The Balaban J connectivity index is 1.96. The predicted molar refractivity (Wildman–Crippen MR) is 54.9 cm³/mol. The monoisotopic (exact) mass is 186 g/mol. The van der Waals surface area contributed by atoms with Crippen molar-refractivity contribution in [2.24, 2.45) is 0 Å². The van der Waals surface area contributed by atoms with Crippen LogP contribution in [0.15, 0.2) is 54.9 Å². The molecule has 0 amide bonds. The normalized spacial score (nSPS) is 9.43. The first kappa shape index (κ1) is 8.56. The van der Waals surface area contributed by atoms with Gasteiger partial charge in [0.25, 0.3) is 0 Å². The number of anilines is 1. The lowest BCUT2D eigenvalue weighted by molar-refractivity contribution is 0.405. The molecule has 1 N–H and O–H groups in total. The van der Waals surface area contributed by atoms with E-state index >= 15 is 0 Å². The van der Waals surface area contributed by atoms with E-state index < -0.39 is 0 Å². The molecule has 14 heavy (non-hydrogen) atoms. The molecular weight excluding hydrogens is 176 g/mol. The summed E-state index contributed by atoms with van der Waals surface area (Å²) in [6, 6.07) is 13.2. The Kier molecular flexibility index (Phi) is 2.62. The number of hydrogen-bond donors (Lipinski definition) is 1. The van der Waals surface area contributed by atoms with Crippen molar-refractivity contribution < 1.29 is 4.84 Å². The number of pyridine rings is 1. The first-order valence-corrected chi connectivity index (χ1v) is 4.33. The molecule has 0 aliphatic carbocycles. The fraction of sp³-hybridized carbons (Fsp3) is 0. The summed E-state index contributed by atoms with van der Waals surface area (Å²) in [5.74, 6) is 0.782. The number of para-hydroxylation sites is 1. The lowest BCUT2D eigenvalue weighted by atomic mass is 10.3. The van der Waals surface area contributed by atoms with Crippen LogP contribution in [-0.2, 0) is 0 Å². The fourth-order valence-electron chi connectivity index (χ4n) is 1.03. The maximum absolute atomic E-state index is 5.31. The number of nitrogens with zero attached hydrogens (tertiary/aromatic N) is 1. The van der Waals surface area contributed by atoms with Gasteiger partial charge in [0.2, 0.25) is 0 Å². The van der Waals surface area contributed by atoms with Crippen LogP contribution in [0.3, 0.4) is 0 Å². The Hall–Kier alpha value is -2.03. The highest BCUT2D eigenvalue weighted by Crippen LogP contribution is 2.10. The number of aromatic nitrogens is 1. The van der Waals surface area contributed by atoms with Gasteiger partial charge in [-0.05, 0) is 24.3 Å². The molecule has 1 aromatic carbocycles. The molecule has 0 saturated heterocycles. The van der Waals surface area contributed by atoms with Crippen LogP contribution in [0.25, 0.3) is 0 Å². The molecule has 70 valence electrons. The van der Waals surface area contributed by atoms with E-state index in [-0.39, 0.29) is 0 Å². The van der Waals surface area contributed by atoms with Crippen LogP contribution in [0.4, 0.5) is 5.69 Å². The molecule has 1 aromatic heterocycles. The van der Waals surface area contributed by atoms with Gasteiger partial charge in [0.1, 0.15) is 0 Å². The SMILES string of the molecule is c1ccc(ONc2ccncc2)cc1. The standard InChI is InChI=1S/C11H10N2O/c1-2-4-11(5-3-1)14-13-10-6-8-12-9-7-10/h1-9H,(H,12,13). The minimum absolute atomic E-state index is 0.782. The van der Waals surface area contributed by atoms with Gasteiger partial charge in [-0.3, -0.25) is 4.98 Å². The summed E-state index contributed by atoms with van der Waals surface area (Å²) in [7, 11) is 0. The topological polar surface area (TPSA) is 34.1 Å². The van der Waals surface area contributed by atoms with Crippen molar-refractivity contribution in [1.82, 2.24) is 4.98 Å². The highest BCUT2D eigenvalue weighted by molar-refractivity contribution is 5.39. The Morgan fingerprint density at radius 2 is 1.64 bits per heavy atom. The second-order valence-electron chi connectivity index (χ2n) is 2.75. The van der Waals surface area contributed by atoms with E-state index in [1.165, 1.54) is 0 Å². The van der Waals surface area contributed by atoms with Crippen LogP contribution in [-0.4, -0.2) is 4.98 Å². The van der Waals surface area contributed by atoms with Gasteiger partial charge in [-0.15, -0.1) is 0 Å². The summed E-state index contributed by atoms with van der Waals surface area (Å²) in [6.07, 6.45) is 3.41. The smallest absolute Gasteiger partial charge is 0.155 e. The summed E-state index contributed by atoms with van der Waals surface area (Å²) >= 11 is 0. The van der Waals surface area contributed by atoms with E-state index in [9.17, 15) is 0 Å². The van der Waals surface area contributed by atoms with Gasteiger partial charge in [-0.25, -0.2) is 5.48 Å². The number of benzene rings is 1. The van der Waals surface area contributed by atoms with Gasteiger partial charge >= 0.3 is 0 Å². The molecule has 2 aromatic rings. The zero-order chi connectivity index (χ0) is 9.64. The molecule has 0 atom stereocenters. The lowest BCUT2D eigenvalue weighted by Crippen LogP contribution is -2.03. The van der Waals surface area contributed by atoms with E-state index in [0.29, 0.717) is 0 Å². The van der Waals surface area contributed by atoms with Crippen LogP contribution >= 0.6 is 0 Å². The molecule has 1 heterocycles. The van der Waals surface area contributed by atoms with Gasteiger partial charge in [0.05, 0.1) is 5.69 Å². The third kappa shape index (κ3) is 2.23. The Morgan fingerprint density at radius 1 is 0.929 bits per heavy atom. The molecule has 0 fully saturated rings. The van der Waals surface area contributed by atoms with E-state index in [2.05, 4.69) is 10.5 Å². The largest absolute Gasteiger partial charge is 0.382 e. The second-order valence-corrected chi connectivity index (χ2v) is 2.75. The van der Waals surface area contributed by atoms with Crippen LogP contribution in [0, 0.1) is 0 Å². The summed E-state index contributed by atoms with van der Waals surface area (Å²) < 4.78 is 0. The molecule has 0 aliphatic heterocycles. The highest BCUT2D eigenvalue weighted by atomic mass is 16.6. The number of hydrogen-bond acceptors (Lipinski definition) is 3. The van der Waals surface area contributed by atoms with Crippen molar-refractivity contribution in [2.45, 2.75) is 0 Å². The Labute approximate surface area is 82.3 Å². The third-order valence-corrected chi connectivity index (χ3v) is 1.71. The third-order valence-electron chi connectivity index (χ3n) is 1.71. The van der Waals surface area contributed by atoms with Crippen LogP contribution in [0.2, 0.25) is 0 Å². The van der Waals surface area contributed by atoms with Gasteiger partial charge < -0.3 is 4.84 Å². The molecule has 0 aliphatic rings. The maximum atomic E-state index is 5.31. The summed E-state index contributed by atoms with van der Waals surface area (Å²) in [5.41, 5.74) is 3.70. The van der Waals surface area contributed by atoms with Gasteiger partial charge in [-0.2, -0.15) is 0 Å². The minimum Gasteiger partial charge on any atom is -0.382 e. The number of rotatable bonds is 3. The molecular formula is C11H10N2O. The molecule has 0 radical (unpaired) electrons.